The summed E-state index contributed by atoms with van der Waals surface area (Å²) in [6.45, 7) is 7.29. The lowest BCUT2D eigenvalue weighted by Crippen LogP contribution is -2.49. The minimum atomic E-state index is -0.895. The number of hydrogen-bond donors (Lipinski definition) is 1. The predicted molar refractivity (Wildman–Crippen MR) is 88.2 cm³/mol. The molecule has 0 unspecified atom stereocenters. The molecule has 1 aromatic rings. The number of fused-ring (bicyclic) bond motifs is 1. The molecule has 0 saturated carbocycles. The Morgan fingerprint density at radius 2 is 2.00 bits per heavy atom. The van der Waals surface area contributed by atoms with Crippen LogP contribution in [-0.2, 0) is 17.8 Å². The van der Waals surface area contributed by atoms with E-state index in [1.54, 1.807) is 0 Å². The van der Waals surface area contributed by atoms with Crippen LogP contribution in [0.3, 0.4) is 0 Å². The summed E-state index contributed by atoms with van der Waals surface area (Å²) in [7, 11) is 0. The second-order valence-corrected chi connectivity index (χ2v) is 6.48. The second kappa shape index (κ2) is 6.65. The molecule has 2 aliphatic heterocycles. The molecule has 128 valence electrons. The molecule has 7 nitrogen and oxygen atoms in total. The third-order valence-electron chi connectivity index (χ3n) is 4.68. The fraction of sp³-hybridized carbons (Fsp3) is 0.588. The highest BCUT2D eigenvalue weighted by Crippen LogP contribution is 2.33. The number of nitrogens with zero attached hydrogens (tertiary/aromatic N) is 4. The lowest BCUT2D eigenvalue weighted by molar-refractivity contribution is 0.109. The quantitative estimate of drug-likeness (QED) is 0.891. The zero-order valence-electron chi connectivity index (χ0n) is 14.1. The standard InChI is InChI=1S/C17H22N4O3/c1-11(2)15-14-10-24-8-3-12(14)13(9-18)16(19-15)20-4-6-21(7-5-20)17(22)23/h11H,3-8,10H2,1-2H3,(H,22,23). The van der Waals surface area contributed by atoms with Crippen LogP contribution in [0.25, 0.3) is 0 Å². The van der Waals surface area contributed by atoms with E-state index in [-0.39, 0.29) is 5.92 Å². The van der Waals surface area contributed by atoms with Crippen molar-refractivity contribution in [1.29, 1.82) is 5.26 Å². The van der Waals surface area contributed by atoms with E-state index in [0.29, 0.717) is 50.8 Å². The number of pyridine rings is 1. The van der Waals surface area contributed by atoms with Crippen LogP contribution >= 0.6 is 0 Å². The van der Waals surface area contributed by atoms with Gasteiger partial charge in [0.2, 0.25) is 0 Å². The molecular weight excluding hydrogens is 308 g/mol. The smallest absolute Gasteiger partial charge is 0.407 e. The Balaban J connectivity index is 2.00. The Labute approximate surface area is 141 Å². The van der Waals surface area contributed by atoms with E-state index in [1.165, 1.54) is 4.90 Å². The van der Waals surface area contributed by atoms with Crippen molar-refractivity contribution in [2.24, 2.45) is 0 Å². The van der Waals surface area contributed by atoms with Gasteiger partial charge in [0.15, 0.2) is 0 Å². The first kappa shape index (κ1) is 16.5. The number of nitriles is 1. The Morgan fingerprint density at radius 1 is 1.29 bits per heavy atom. The van der Waals surface area contributed by atoms with Crippen molar-refractivity contribution in [3.05, 3.63) is 22.4 Å². The lowest BCUT2D eigenvalue weighted by atomic mass is 9.92. The molecule has 1 fully saturated rings. The third kappa shape index (κ3) is 2.89. The summed E-state index contributed by atoms with van der Waals surface area (Å²) in [4.78, 5) is 19.3. The van der Waals surface area contributed by atoms with Gasteiger partial charge in [-0.25, -0.2) is 9.78 Å². The average Bonchev–Trinajstić information content (AvgIpc) is 2.60. The Hall–Kier alpha value is -2.33. The zero-order valence-corrected chi connectivity index (χ0v) is 14.1. The molecule has 0 aromatic carbocycles. The number of hydrogen-bond acceptors (Lipinski definition) is 5. The molecular formula is C17H22N4O3. The number of amides is 1. The van der Waals surface area contributed by atoms with Gasteiger partial charge >= 0.3 is 6.09 Å². The normalized spacial score (nSPS) is 17.6. The molecule has 1 N–H and O–H groups in total. The molecule has 0 spiro atoms. The highest BCUT2D eigenvalue weighted by Gasteiger charge is 2.28. The summed E-state index contributed by atoms with van der Waals surface area (Å²) in [5.74, 6) is 0.944. The number of carbonyl (C=O) groups is 1. The maximum absolute atomic E-state index is 11.1. The van der Waals surface area contributed by atoms with Crippen LogP contribution in [0.1, 0.15) is 42.1 Å². The fourth-order valence-electron chi connectivity index (χ4n) is 3.40. The molecule has 0 bridgehead atoms. The van der Waals surface area contributed by atoms with Crippen LogP contribution in [-0.4, -0.2) is 53.9 Å². The maximum Gasteiger partial charge on any atom is 0.407 e. The first-order valence-electron chi connectivity index (χ1n) is 8.29. The highest BCUT2D eigenvalue weighted by molar-refractivity contribution is 5.66. The van der Waals surface area contributed by atoms with Crippen LogP contribution in [0, 0.1) is 11.3 Å². The number of piperazine rings is 1. The largest absolute Gasteiger partial charge is 0.465 e. The van der Waals surface area contributed by atoms with E-state index < -0.39 is 6.09 Å². The van der Waals surface area contributed by atoms with Crippen LogP contribution in [0.15, 0.2) is 0 Å². The summed E-state index contributed by atoms with van der Waals surface area (Å²) in [6, 6.07) is 2.33. The molecule has 0 aliphatic carbocycles. The first-order chi connectivity index (χ1) is 11.5. The third-order valence-corrected chi connectivity index (χ3v) is 4.68. The zero-order chi connectivity index (χ0) is 17.3. The molecule has 1 aromatic heterocycles. The molecule has 0 atom stereocenters. The van der Waals surface area contributed by atoms with Gasteiger partial charge in [-0.05, 0) is 17.9 Å². The molecule has 24 heavy (non-hydrogen) atoms. The van der Waals surface area contributed by atoms with Crippen molar-refractivity contribution in [2.75, 3.05) is 37.7 Å². The highest BCUT2D eigenvalue weighted by atomic mass is 16.5. The average molecular weight is 330 g/mol. The van der Waals surface area contributed by atoms with Gasteiger partial charge in [0.25, 0.3) is 0 Å². The summed E-state index contributed by atoms with van der Waals surface area (Å²) < 4.78 is 5.58. The van der Waals surface area contributed by atoms with E-state index in [0.717, 1.165) is 23.2 Å². The van der Waals surface area contributed by atoms with Crippen molar-refractivity contribution < 1.29 is 14.6 Å². The minimum Gasteiger partial charge on any atom is -0.465 e. The number of ether oxygens (including phenoxy) is 1. The summed E-state index contributed by atoms with van der Waals surface area (Å²) in [6.07, 6.45) is -0.170. The molecule has 3 heterocycles. The van der Waals surface area contributed by atoms with Gasteiger partial charge in [-0.1, -0.05) is 13.8 Å². The first-order valence-corrected chi connectivity index (χ1v) is 8.29. The molecule has 7 heteroatoms. The van der Waals surface area contributed by atoms with Gasteiger partial charge in [-0.3, -0.25) is 0 Å². The van der Waals surface area contributed by atoms with Gasteiger partial charge in [-0.15, -0.1) is 0 Å². The van der Waals surface area contributed by atoms with E-state index in [2.05, 4.69) is 19.9 Å². The monoisotopic (exact) mass is 330 g/mol. The molecule has 3 rings (SSSR count). The number of carboxylic acid groups (broad SMARTS) is 1. The van der Waals surface area contributed by atoms with Crippen molar-refractivity contribution in [2.45, 2.75) is 32.8 Å². The van der Waals surface area contributed by atoms with Gasteiger partial charge in [-0.2, -0.15) is 5.26 Å². The minimum absolute atomic E-state index is 0.243. The molecule has 2 aliphatic rings. The van der Waals surface area contributed by atoms with Gasteiger partial charge in [0.1, 0.15) is 11.9 Å². The summed E-state index contributed by atoms with van der Waals surface area (Å²) in [5.41, 5.74) is 3.72. The molecule has 0 radical (unpaired) electrons. The van der Waals surface area contributed by atoms with Crippen molar-refractivity contribution in [1.82, 2.24) is 9.88 Å². The van der Waals surface area contributed by atoms with Crippen molar-refractivity contribution in [3.8, 4) is 6.07 Å². The van der Waals surface area contributed by atoms with Crippen LogP contribution in [0.4, 0.5) is 10.6 Å². The molecule has 1 saturated heterocycles. The SMILES string of the molecule is CC(C)c1nc(N2CCN(C(=O)O)CC2)c(C#N)c2c1COCC2. The van der Waals surface area contributed by atoms with Crippen molar-refractivity contribution in [3.63, 3.8) is 0 Å². The lowest BCUT2D eigenvalue weighted by Gasteiger charge is -2.35. The van der Waals surface area contributed by atoms with Crippen LogP contribution in [0.5, 0.6) is 0 Å². The van der Waals surface area contributed by atoms with E-state index in [9.17, 15) is 10.1 Å². The molecule has 1 amide bonds. The second-order valence-electron chi connectivity index (χ2n) is 6.48. The van der Waals surface area contributed by atoms with Gasteiger partial charge < -0.3 is 19.6 Å². The fourth-order valence-corrected chi connectivity index (χ4v) is 3.40. The summed E-state index contributed by atoms with van der Waals surface area (Å²) in [5, 5.41) is 18.8. The number of anilines is 1. The van der Waals surface area contributed by atoms with Gasteiger partial charge in [0, 0.05) is 31.7 Å². The van der Waals surface area contributed by atoms with E-state index in [4.69, 9.17) is 14.8 Å². The number of rotatable bonds is 2. The topological polar surface area (TPSA) is 89.7 Å². The Kier molecular flexibility index (Phi) is 4.58. The van der Waals surface area contributed by atoms with E-state index in [1.807, 2.05) is 4.90 Å². The number of aromatic nitrogens is 1. The summed E-state index contributed by atoms with van der Waals surface area (Å²) >= 11 is 0. The Bertz CT molecular complexity index is 688. The van der Waals surface area contributed by atoms with Crippen molar-refractivity contribution >= 4 is 11.9 Å². The maximum atomic E-state index is 11.1. The van der Waals surface area contributed by atoms with Crippen LogP contribution < -0.4 is 4.90 Å². The predicted octanol–water partition coefficient (Wildman–Crippen LogP) is 1.95. The Morgan fingerprint density at radius 3 is 2.58 bits per heavy atom. The van der Waals surface area contributed by atoms with E-state index >= 15 is 0 Å². The van der Waals surface area contributed by atoms with Crippen LogP contribution in [0.2, 0.25) is 0 Å². The van der Waals surface area contributed by atoms with Gasteiger partial charge in [0.05, 0.1) is 24.5 Å².